The Balaban J connectivity index is 1.92. The van der Waals surface area contributed by atoms with Gasteiger partial charge in [0.05, 0.1) is 19.0 Å². The molecule has 1 unspecified atom stereocenters. The Hall–Kier alpha value is -2.14. The van der Waals surface area contributed by atoms with Gasteiger partial charge in [-0.25, -0.2) is 4.98 Å². The minimum absolute atomic E-state index is 0.00615. The van der Waals surface area contributed by atoms with Crippen molar-refractivity contribution in [1.82, 2.24) is 19.5 Å². The summed E-state index contributed by atoms with van der Waals surface area (Å²) in [4.78, 5) is 13.6. The van der Waals surface area contributed by atoms with Crippen LogP contribution in [0, 0.1) is 9.49 Å². The molecule has 3 rings (SSSR count). The summed E-state index contributed by atoms with van der Waals surface area (Å²) in [6.07, 6.45) is 1.71. The monoisotopic (exact) mass is 481 g/mol. The Labute approximate surface area is 171 Å². The molecule has 1 atom stereocenters. The fraction of sp³-hybridized carbons (Fsp3) is 0.389. The van der Waals surface area contributed by atoms with E-state index >= 15 is 0 Å². The van der Waals surface area contributed by atoms with Crippen LogP contribution < -0.4 is 16.4 Å². The molecule has 144 valence electrons. The van der Waals surface area contributed by atoms with Crippen LogP contribution >= 0.6 is 22.6 Å². The summed E-state index contributed by atoms with van der Waals surface area (Å²) < 4.78 is 2.96. The summed E-state index contributed by atoms with van der Waals surface area (Å²) in [6.45, 7) is 4.61. The quantitative estimate of drug-likeness (QED) is 0.303. The van der Waals surface area contributed by atoms with Gasteiger partial charge in [0.25, 0.3) is 0 Å². The fourth-order valence-electron chi connectivity index (χ4n) is 2.69. The van der Waals surface area contributed by atoms with Gasteiger partial charge in [0.15, 0.2) is 17.0 Å². The number of nitrogens with two attached hydrogens (primary N) is 1. The van der Waals surface area contributed by atoms with Gasteiger partial charge in [0.2, 0.25) is 5.95 Å². The van der Waals surface area contributed by atoms with E-state index in [1.165, 1.54) is 0 Å². The zero-order chi connectivity index (χ0) is 19.6. The number of aromatic nitrogens is 4. The van der Waals surface area contributed by atoms with Crippen LogP contribution in [-0.4, -0.2) is 37.3 Å². The number of nitrogen functional groups attached to an aromatic ring is 1. The van der Waals surface area contributed by atoms with Gasteiger partial charge in [0, 0.05) is 22.8 Å². The van der Waals surface area contributed by atoms with E-state index in [-0.39, 0.29) is 18.6 Å². The first-order chi connectivity index (χ1) is 12.9. The molecule has 27 heavy (non-hydrogen) atoms. The summed E-state index contributed by atoms with van der Waals surface area (Å²) in [7, 11) is 1.89. The van der Waals surface area contributed by atoms with Gasteiger partial charge in [-0.3, -0.25) is 0 Å². The maximum atomic E-state index is 9.60. The average molecular weight is 481 g/mol. The van der Waals surface area contributed by atoms with Crippen molar-refractivity contribution in [1.29, 1.82) is 0 Å². The van der Waals surface area contributed by atoms with Crippen molar-refractivity contribution in [3.63, 3.8) is 0 Å². The zero-order valence-corrected chi connectivity index (χ0v) is 17.7. The highest BCUT2D eigenvalue weighted by molar-refractivity contribution is 14.1. The minimum Gasteiger partial charge on any atom is -0.398 e. The molecule has 0 amide bonds. The summed E-state index contributed by atoms with van der Waals surface area (Å²) >= 11 is 2.26. The molecule has 3 aromatic rings. The molecule has 0 spiro atoms. The standard InChI is InChI=1S/C18H24IN7O/c1-10(2)14(8-27)23-18-24-16(15-17(25-18)26(3)9-22-15)21-7-11-6-12(19)4-5-13(11)20/h4-6,9-10,14,27H,7-8,20H2,1-3H3,(H2,21,23,24,25). The van der Waals surface area contributed by atoms with Crippen molar-refractivity contribution in [2.75, 3.05) is 23.0 Å². The van der Waals surface area contributed by atoms with E-state index in [4.69, 9.17) is 5.73 Å². The van der Waals surface area contributed by atoms with Gasteiger partial charge < -0.3 is 26.0 Å². The predicted octanol–water partition coefficient (Wildman–Crippen LogP) is 2.59. The van der Waals surface area contributed by atoms with E-state index in [1.54, 1.807) is 6.33 Å². The Morgan fingerprint density at radius 3 is 2.78 bits per heavy atom. The van der Waals surface area contributed by atoms with Crippen LogP contribution in [0.5, 0.6) is 0 Å². The minimum atomic E-state index is -0.130. The number of aliphatic hydroxyl groups is 1. The smallest absolute Gasteiger partial charge is 0.227 e. The number of anilines is 3. The SMILES string of the molecule is CC(C)C(CO)Nc1nc(NCc2cc(I)ccc2N)c2ncn(C)c2n1. The van der Waals surface area contributed by atoms with Crippen LogP contribution in [0.25, 0.3) is 11.2 Å². The van der Waals surface area contributed by atoms with E-state index in [0.29, 0.717) is 29.5 Å². The topological polar surface area (TPSA) is 114 Å². The summed E-state index contributed by atoms with van der Waals surface area (Å²) in [6, 6.07) is 5.79. The third-order valence-corrected chi connectivity index (χ3v) is 5.10. The lowest BCUT2D eigenvalue weighted by molar-refractivity contribution is 0.248. The molecule has 0 aliphatic carbocycles. The van der Waals surface area contributed by atoms with Gasteiger partial charge >= 0.3 is 0 Å². The second kappa shape index (κ2) is 8.26. The molecule has 0 fully saturated rings. The summed E-state index contributed by atoms with van der Waals surface area (Å²) in [5.41, 5.74) is 9.21. The van der Waals surface area contributed by atoms with Crippen molar-refractivity contribution in [2.24, 2.45) is 13.0 Å². The Morgan fingerprint density at radius 1 is 1.30 bits per heavy atom. The van der Waals surface area contributed by atoms with Crippen LogP contribution in [0.3, 0.4) is 0 Å². The number of imidazole rings is 1. The van der Waals surface area contributed by atoms with Crippen molar-refractivity contribution >= 4 is 51.2 Å². The van der Waals surface area contributed by atoms with Crippen molar-refractivity contribution < 1.29 is 5.11 Å². The zero-order valence-electron chi connectivity index (χ0n) is 15.6. The lowest BCUT2D eigenvalue weighted by atomic mass is 10.1. The molecule has 0 bridgehead atoms. The molecular formula is C18H24IN7O. The number of fused-ring (bicyclic) bond motifs is 1. The van der Waals surface area contributed by atoms with Crippen molar-refractivity contribution in [2.45, 2.75) is 26.4 Å². The van der Waals surface area contributed by atoms with Crippen LogP contribution in [0.15, 0.2) is 24.5 Å². The van der Waals surface area contributed by atoms with Crippen molar-refractivity contribution in [3.05, 3.63) is 33.7 Å². The lowest BCUT2D eigenvalue weighted by Crippen LogP contribution is -2.30. The summed E-state index contributed by atoms with van der Waals surface area (Å²) in [5.74, 6) is 1.32. The van der Waals surface area contributed by atoms with Crippen LogP contribution in [0.2, 0.25) is 0 Å². The van der Waals surface area contributed by atoms with E-state index in [1.807, 2.05) is 43.7 Å². The highest BCUT2D eigenvalue weighted by atomic mass is 127. The largest absolute Gasteiger partial charge is 0.398 e. The first-order valence-corrected chi connectivity index (χ1v) is 9.81. The van der Waals surface area contributed by atoms with E-state index in [2.05, 4.69) is 48.2 Å². The first-order valence-electron chi connectivity index (χ1n) is 8.73. The fourth-order valence-corrected chi connectivity index (χ4v) is 3.25. The number of hydrogen-bond donors (Lipinski definition) is 4. The number of hydrogen-bond acceptors (Lipinski definition) is 7. The molecule has 0 aliphatic heterocycles. The number of rotatable bonds is 7. The molecule has 9 heteroatoms. The average Bonchev–Trinajstić information content (AvgIpc) is 3.01. The third kappa shape index (κ3) is 4.41. The summed E-state index contributed by atoms with van der Waals surface area (Å²) in [5, 5.41) is 16.1. The second-order valence-electron chi connectivity index (χ2n) is 6.80. The van der Waals surface area contributed by atoms with Gasteiger partial charge in [-0.15, -0.1) is 0 Å². The Bertz CT molecular complexity index is 941. The van der Waals surface area contributed by atoms with E-state index < -0.39 is 0 Å². The number of benzene rings is 1. The molecular weight excluding hydrogens is 457 g/mol. The Morgan fingerprint density at radius 2 is 2.07 bits per heavy atom. The second-order valence-corrected chi connectivity index (χ2v) is 8.04. The predicted molar refractivity (Wildman–Crippen MR) is 117 cm³/mol. The maximum absolute atomic E-state index is 9.60. The Kier molecular flexibility index (Phi) is 6.00. The van der Waals surface area contributed by atoms with Crippen molar-refractivity contribution in [3.8, 4) is 0 Å². The molecule has 0 aliphatic rings. The van der Waals surface area contributed by atoms with Crippen LogP contribution in [0.4, 0.5) is 17.5 Å². The molecule has 0 saturated heterocycles. The number of halogens is 1. The lowest BCUT2D eigenvalue weighted by Gasteiger charge is -2.20. The van der Waals surface area contributed by atoms with Gasteiger partial charge in [-0.2, -0.15) is 9.97 Å². The molecule has 8 nitrogen and oxygen atoms in total. The molecule has 5 N–H and O–H groups in total. The third-order valence-electron chi connectivity index (χ3n) is 4.43. The molecule has 1 aromatic carbocycles. The van der Waals surface area contributed by atoms with Gasteiger partial charge in [0.1, 0.15) is 0 Å². The molecule has 0 saturated carbocycles. The van der Waals surface area contributed by atoms with E-state index in [0.717, 1.165) is 14.8 Å². The molecule has 0 radical (unpaired) electrons. The number of nitrogens with one attached hydrogen (secondary N) is 2. The molecule has 2 heterocycles. The number of aliphatic hydroxyl groups excluding tert-OH is 1. The van der Waals surface area contributed by atoms with Gasteiger partial charge in [-0.05, 0) is 52.3 Å². The highest BCUT2D eigenvalue weighted by Crippen LogP contribution is 2.23. The number of nitrogens with zero attached hydrogens (tertiary/aromatic N) is 4. The maximum Gasteiger partial charge on any atom is 0.227 e. The van der Waals surface area contributed by atoms with Crippen LogP contribution in [-0.2, 0) is 13.6 Å². The number of aryl methyl sites for hydroxylation is 1. The normalized spacial score (nSPS) is 12.5. The molecule has 2 aromatic heterocycles. The highest BCUT2D eigenvalue weighted by Gasteiger charge is 2.17. The first kappa shape index (κ1) is 19.6. The van der Waals surface area contributed by atoms with Gasteiger partial charge in [-0.1, -0.05) is 13.8 Å². The van der Waals surface area contributed by atoms with E-state index in [9.17, 15) is 5.11 Å². The van der Waals surface area contributed by atoms with Crippen LogP contribution in [0.1, 0.15) is 19.4 Å².